The highest BCUT2D eigenvalue weighted by Crippen LogP contribution is 2.13. The summed E-state index contributed by atoms with van der Waals surface area (Å²) in [4.78, 5) is 34.0. The van der Waals surface area contributed by atoms with Crippen molar-refractivity contribution in [2.24, 2.45) is 0 Å². The average Bonchev–Trinajstić information content (AvgIpc) is 2.89. The van der Waals surface area contributed by atoms with Crippen molar-refractivity contribution in [1.82, 2.24) is 20.6 Å². The molecule has 1 aromatic heterocycles. The zero-order chi connectivity index (χ0) is 25.0. The first-order valence-electron chi connectivity index (χ1n) is 11.1. The number of carbonyl (C=O) groups is 2. The summed E-state index contributed by atoms with van der Waals surface area (Å²) in [6.45, 7) is 0. The topological polar surface area (TPSA) is 148 Å². The van der Waals surface area contributed by atoms with Crippen molar-refractivity contribution in [3.05, 3.63) is 90.5 Å². The summed E-state index contributed by atoms with van der Waals surface area (Å²) in [7, 11) is -1.80. The smallest absolute Gasteiger partial charge is 0.475 e. The Kier molecular flexibility index (Phi) is 10.2. The number of amides is 2. The first-order valence-corrected chi connectivity index (χ1v) is 12.5. The summed E-state index contributed by atoms with van der Waals surface area (Å²) in [5.74, 6) is -2.51. The van der Waals surface area contributed by atoms with Gasteiger partial charge >= 0.3 is 7.12 Å². The Morgan fingerprint density at radius 3 is 2.31 bits per heavy atom. The Hall–Kier alpha value is -3.25. The van der Waals surface area contributed by atoms with Crippen LogP contribution in [0.5, 0.6) is 0 Å². The molecule has 4 N–H and O–H groups in total. The van der Waals surface area contributed by atoms with Crippen LogP contribution in [0.3, 0.4) is 0 Å². The van der Waals surface area contributed by atoms with Gasteiger partial charge in [0.15, 0.2) is 10.9 Å². The molecule has 2 amide bonds. The number of carbonyl (C=O) groups excluding carboxylic acids is 2. The van der Waals surface area contributed by atoms with E-state index in [1.54, 1.807) is 30.3 Å². The van der Waals surface area contributed by atoms with E-state index in [0.717, 1.165) is 5.56 Å². The SMILES string of the molecule is O=C(N[C@H](C[S+]([O-])c1ccccc1)C(=O)N[C@@H](CCCc1ccccc1)B(O)O)c1cnccn1. The Balaban J connectivity index is 1.68. The first-order chi connectivity index (χ1) is 16.9. The van der Waals surface area contributed by atoms with Gasteiger partial charge < -0.3 is 25.2 Å². The molecule has 2 aromatic carbocycles. The number of hydrogen-bond acceptors (Lipinski definition) is 7. The third-order valence-electron chi connectivity index (χ3n) is 5.25. The summed E-state index contributed by atoms with van der Waals surface area (Å²) < 4.78 is 12.9. The molecular weight excluding hydrogens is 467 g/mol. The first kappa shape index (κ1) is 26.4. The van der Waals surface area contributed by atoms with Gasteiger partial charge in [0.25, 0.3) is 5.91 Å². The fourth-order valence-corrected chi connectivity index (χ4v) is 4.59. The van der Waals surface area contributed by atoms with Crippen LogP contribution in [0, 0.1) is 0 Å². The fourth-order valence-electron chi connectivity index (χ4n) is 3.40. The molecule has 3 atom stereocenters. The molecule has 1 heterocycles. The second-order valence-electron chi connectivity index (χ2n) is 7.85. The number of aryl methyl sites for hydroxylation is 1. The summed E-state index contributed by atoms with van der Waals surface area (Å²) in [6.07, 6.45) is 5.60. The molecule has 9 nitrogen and oxygen atoms in total. The molecule has 0 bridgehead atoms. The minimum atomic E-state index is -1.80. The normalized spacial score (nSPS) is 13.3. The maximum Gasteiger partial charge on any atom is 0.475 e. The van der Waals surface area contributed by atoms with E-state index in [1.165, 1.54) is 18.6 Å². The van der Waals surface area contributed by atoms with Gasteiger partial charge in [0.1, 0.15) is 11.4 Å². The Labute approximate surface area is 207 Å². The quantitative estimate of drug-likeness (QED) is 0.216. The Bertz CT molecular complexity index is 1060. The molecule has 0 aliphatic rings. The molecule has 11 heteroatoms. The highest BCUT2D eigenvalue weighted by molar-refractivity contribution is 7.91. The van der Waals surface area contributed by atoms with Gasteiger partial charge in [0.2, 0.25) is 5.91 Å². The van der Waals surface area contributed by atoms with E-state index in [1.807, 2.05) is 30.3 Å². The molecule has 35 heavy (non-hydrogen) atoms. The zero-order valence-electron chi connectivity index (χ0n) is 19.0. The molecule has 182 valence electrons. The van der Waals surface area contributed by atoms with Gasteiger partial charge in [-0.15, -0.1) is 0 Å². The van der Waals surface area contributed by atoms with Crippen molar-refractivity contribution < 1.29 is 24.2 Å². The van der Waals surface area contributed by atoms with Crippen LogP contribution in [-0.4, -0.2) is 61.2 Å². The lowest BCUT2D eigenvalue weighted by Crippen LogP contribution is -2.56. The predicted molar refractivity (Wildman–Crippen MR) is 133 cm³/mol. The molecule has 0 radical (unpaired) electrons. The zero-order valence-corrected chi connectivity index (χ0v) is 19.8. The lowest BCUT2D eigenvalue weighted by molar-refractivity contribution is -0.122. The number of aromatic nitrogens is 2. The number of benzene rings is 2. The number of hydrogen-bond donors (Lipinski definition) is 4. The molecule has 3 rings (SSSR count). The van der Waals surface area contributed by atoms with Crippen molar-refractivity contribution in [2.45, 2.75) is 36.1 Å². The van der Waals surface area contributed by atoms with E-state index in [0.29, 0.717) is 24.2 Å². The largest absolute Gasteiger partial charge is 0.611 e. The van der Waals surface area contributed by atoms with E-state index in [9.17, 15) is 24.2 Å². The maximum absolute atomic E-state index is 13.1. The molecule has 0 aliphatic heterocycles. The van der Waals surface area contributed by atoms with Crippen LogP contribution in [0.25, 0.3) is 0 Å². The highest BCUT2D eigenvalue weighted by atomic mass is 32.2. The molecule has 0 fully saturated rings. The predicted octanol–water partition coefficient (Wildman–Crippen LogP) is 0.902. The number of nitrogens with zero attached hydrogens (tertiary/aromatic N) is 2. The van der Waals surface area contributed by atoms with Crippen LogP contribution < -0.4 is 10.6 Å². The van der Waals surface area contributed by atoms with Crippen molar-refractivity contribution in [2.75, 3.05) is 5.75 Å². The van der Waals surface area contributed by atoms with Crippen LogP contribution in [0.4, 0.5) is 0 Å². The van der Waals surface area contributed by atoms with Crippen LogP contribution in [-0.2, 0) is 22.4 Å². The lowest BCUT2D eigenvalue weighted by Gasteiger charge is -2.23. The Morgan fingerprint density at radius 2 is 1.69 bits per heavy atom. The van der Waals surface area contributed by atoms with Crippen LogP contribution in [0.1, 0.15) is 28.9 Å². The standard InChI is InChI=1S/C24H27BN4O5S/c30-23(20-16-26-14-15-27-20)28-21(17-35(34)19-11-5-2-6-12-19)24(31)29-22(25(32)33)13-7-10-18-8-3-1-4-9-18/h1-6,8-9,11-12,14-16,21-22,32-33H,7,10,13,17H2,(H,28,30)(H,29,31)/t21-,22+,35?/m1/s1. The van der Waals surface area contributed by atoms with Crippen molar-refractivity contribution in [1.29, 1.82) is 0 Å². The fraction of sp³-hybridized carbons (Fsp3) is 0.250. The van der Waals surface area contributed by atoms with Crippen molar-refractivity contribution >= 4 is 30.1 Å². The Morgan fingerprint density at radius 1 is 1.00 bits per heavy atom. The van der Waals surface area contributed by atoms with Crippen molar-refractivity contribution in [3.63, 3.8) is 0 Å². The molecular formula is C24H27BN4O5S. The van der Waals surface area contributed by atoms with Crippen LogP contribution in [0.15, 0.2) is 84.1 Å². The van der Waals surface area contributed by atoms with Crippen molar-refractivity contribution in [3.8, 4) is 0 Å². The van der Waals surface area contributed by atoms with Gasteiger partial charge in [0.05, 0.1) is 12.1 Å². The van der Waals surface area contributed by atoms with Gasteiger partial charge in [-0.1, -0.05) is 48.5 Å². The van der Waals surface area contributed by atoms with Gasteiger partial charge in [-0.05, 0) is 48.1 Å². The van der Waals surface area contributed by atoms with Crippen LogP contribution in [0.2, 0.25) is 0 Å². The maximum atomic E-state index is 13.1. The van der Waals surface area contributed by atoms with Crippen LogP contribution >= 0.6 is 0 Å². The highest BCUT2D eigenvalue weighted by Gasteiger charge is 2.32. The second kappa shape index (κ2) is 13.6. The molecule has 0 aliphatic carbocycles. The monoisotopic (exact) mass is 494 g/mol. The average molecular weight is 494 g/mol. The third kappa shape index (κ3) is 8.48. The van der Waals surface area contributed by atoms with Gasteiger partial charge in [-0.3, -0.25) is 14.6 Å². The second-order valence-corrected chi connectivity index (χ2v) is 9.34. The van der Waals surface area contributed by atoms with E-state index in [2.05, 4.69) is 20.6 Å². The minimum Gasteiger partial charge on any atom is -0.611 e. The molecule has 0 saturated heterocycles. The number of nitrogens with one attached hydrogen (secondary N) is 2. The summed E-state index contributed by atoms with van der Waals surface area (Å²) in [5.41, 5.74) is 1.09. The van der Waals surface area contributed by atoms with E-state index >= 15 is 0 Å². The minimum absolute atomic E-state index is 0.00241. The summed E-state index contributed by atoms with van der Waals surface area (Å²) in [5, 5.41) is 24.8. The third-order valence-corrected chi connectivity index (χ3v) is 6.69. The van der Waals surface area contributed by atoms with E-state index < -0.39 is 42.1 Å². The molecule has 0 saturated carbocycles. The molecule has 1 unspecified atom stereocenters. The molecule has 0 spiro atoms. The summed E-state index contributed by atoms with van der Waals surface area (Å²) >= 11 is -1.60. The molecule has 3 aromatic rings. The summed E-state index contributed by atoms with van der Waals surface area (Å²) in [6, 6.07) is 17.1. The van der Waals surface area contributed by atoms with Gasteiger partial charge in [-0.25, -0.2) is 4.98 Å². The van der Waals surface area contributed by atoms with Gasteiger partial charge in [-0.2, -0.15) is 0 Å². The van der Waals surface area contributed by atoms with Gasteiger partial charge in [0, 0.05) is 12.4 Å². The number of rotatable bonds is 12. The van der Waals surface area contributed by atoms with E-state index in [4.69, 9.17) is 0 Å². The van der Waals surface area contributed by atoms with E-state index in [-0.39, 0.29) is 11.4 Å². The lowest BCUT2D eigenvalue weighted by atomic mass is 9.76.